The summed E-state index contributed by atoms with van der Waals surface area (Å²) < 4.78 is 29.4. The lowest BCUT2D eigenvalue weighted by Gasteiger charge is -2.10. The van der Waals surface area contributed by atoms with Gasteiger partial charge in [0, 0.05) is 11.0 Å². The predicted octanol–water partition coefficient (Wildman–Crippen LogP) is 2.84. The fourth-order valence-corrected chi connectivity index (χ4v) is 1.60. The van der Waals surface area contributed by atoms with Crippen molar-refractivity contribution in [1.29, 1.82) is 0 Å². The molecule has 0 saturated heterocycles. The van der Waals surface area contributed by atoms with Crippen molar-refractivity contribution in [2.45, 2.75) is 13.0 Å². The molecule has 0 heterocycles. The van der Waals surface area contributed by atoms with E-state index in [-0.39, 0.29) is 11.3 Å². The van der Waals surface area contributed by atoms with E-state index in [1.165, 1.54) is 12.1 Å². The molecule has 1 N–H and O–H groups in total. The lowest BCUT2D eigenvalue weighted by atomic mass is 10.2. The summed E-state index contributed by atoms with van der Waals surface area (Å²) in [5, 5.41) is 2.64. The van der Waals surface area contributed by atoms with Crippen molar-refractivity contribution in [3.63, 3.8) is 0 Å². The lowest BCUT2D eigenvalue weighted by Crippen LogP contribution is -2.25. The van der Waals surface area contributed by atoms with Crippen LogP contribution < -0.4 is 10.1 Å². The first-order valence-corrected chi connectivity index (χ1v) is 6.55. The third-order valence-electron chi connectivity index (χ3n) is 1.94. The molecule has 1 rings (SSSR count). The quantitative estimate of drug-likeness (QED) is 0.484. The van der Waals surface area contributed by atoms with Gasteiger partial charge in [-0.3, -0.25) is 4.79 Å². The molecule has 6 heteroatoms. The summed E-state index contributed by atoms with van der Waals surface area (Å²) in [5.74, 6) is -0.499. The number of para-hydroxylation sites is 1. The summed E-state index contributed by atoms with van der Waals surface area (Å²) in [6.07, 6.45) is 0.837. The van der Waals surface area contributed by atoms with E-state index in [0.717, 1.165) is 10.8 Å². The van der Waals surface area contributed by atoms with Gasteiger partial charge in [-0.2, -0.15) is 8.78 Å². The highest BCUT2D eigenvalue weighted by molar-refractivity contribution is 14.1. The number of benzene rings is 1. The summed E-state index contributed by atoms with van der Waals surface area (Å²) in [6, 6.07) is 5.95. The molecule has 0 atom stereocenters. The van der Waals surface area contributed by atoms with Crippen LogP contribution >= 0.6 is 22.6 Å². The summed E-state index contributed by atoms with van der Waals surface area (Å²) in [5.41, 5.74) is 0.126. The van der Waals surface area contributed by atoms with Crippen molar-refractivity contribution in [3.8, 4) is 5.75 Å². The number of alkyl halides is 3. The Bertz CT molecular complexity index is 374. The zero-order valence-corrected chi connectivity index (χ0v) is 11.1. The largest absolute Gasteiger partial charge is 0.434 e. The number of ether oxygens (including phenoxy) is 1. The van der Waals surface area contributed by atoms with Crippen LogP contribution in [0.4, 0.5) is 8.78 Å². The molecule has 1 aromatic rings. The molecule has 0 aliphatic rings. The number of hydrogen-bond donors (Lipinski definition) is 1. The third-order valence-corrected chi connectivity index (χ3v) is 2.71. The summed E-state index contributed by atoms with van der Waals surface area (Å²) in [7, 11) is 0. The molecule has 0 unspecified atom stereocenters. The van der Waals surface area contributed by atoms with Crippen LogP contribution in [-0.2, 0) is 0 Å². The number of rotatable bonds is 6. The second-order valence-corrected chi connectivity index (χ2v) is 4.25. The van der Waals surface area contributed by atoms with Crippen LogP contribution in [0.25, 0.3) is 0 Å². The second-order valence-electron chi connectivity index (χ2n) is 3.17. The lowest BCUT2D eigenvalue weighted by molar-refractivity contribution is -0.0501. The molecule has 17 heavy (non-hydrogen) atoms. The van der Waals surface area contributed by atoms with Gasteiger partial charge in [-0.15, -0.1) is 0 Å². The first kappa shape index (κ1) is 14.1. The Labute approximate surface area is 112 Å². The highest BCUT2D eigenvalue weighted by Gasteiger charge is 2.14. The first-order chi connectivity index (χ1) is 8.15. The molecule has 0 aromatic heterocycles. The minimum Gasteiger partial charge on any atom is -0.434 e. The predicted molar refractivity (Wildman–Crippen MR) is 68.9 cm³/mol. The molecule has 0 bridgehead atoms. The van der Waals surface area contributed by atoms with E-state index in [1.807, 2.05) is 0 Å². The van der Waals surface area contributed by atoms with Gasteiger partial charge >= 0.3 is 6.61 Å². The Kier molecular flexibility index (Phi) is 6.17. The maximum atomic E-state index is 12.1. The molecule has 1 amide bonds. The normalized spacial score (nSPS) is 10.4. The second kappa shape index (κ2) is 7.41. The molecular weight excluding hydrogens is 343 g/mol. The SMILES string of the molecule is O=C(NCCCI)c1ccccc1OC(F)F. The molecule has 0 aliphatic heterocycles. The zero-order valence-electron chi connectivity index (χ0n) is 8.96. The van der Waals surface area contributed by atoms with E-state index in [0.29, 0.717) is 6.54 Å². The van der Waals surface area contributed by atoms with Crippen LogP contribution in [0, 0.1) is 0 Å². The number of halogens is 3. The number of carbonyl (C=O) groups excluding carboxylic acids is 1. The van der Waals surface area contributed by atoms with Gasteiger partial charge in [-0.05, 0) is 18.6 Å². The van der Waals surface area contributed by atoms with Gasteiger partial charge in [-0.25, -0.2) is 0 Å². The van der Waals surface area contributed by atoms with Crippen LogP contribution in [-0.4, -0.2) is 23.5 Å². The molecule has 0 spiro atoms. The highest BCUT2D eigenvalue weighted by atomic mass is 127. The zero-order chi connectivity index (χ0) is 12.7. The fraction of sp³-hybridized carbons (Fsp3) is 0.364. The van der Waals surface area contributed by atoms with Crippen molar-refractivity contribution in [2.75, 3.05) is 11.0 Å². The fourth-order valence-electron chi connectivity index (χ4n) is 1.22. The highest BCUT2D eigenvalue weighted by Crippen LogP contribution is 2.19. The van der Waals surface area contributed by atoms with Gasteiger partial charge in [0.15, 0.2) is 0 Å². The number of amides is 1. The molecule has 0 fully saturated rings. The standard InChI is InChI=1S/C11H12F2INO2/c12-11(13)17-9-5-2-1-4-8(9)10(16)15-7-3-6-14/h1-2,4-5,11H,3,6-7H2,(H,15,16). The van der Waals surface area contributed by atoms with Gasteiger partial charge in [0.1, 0.15) is 5.75 Å². The Morgan fingerprint density at radius 1 is 1.41 bits per heavy atom. The van der Waals surface area contributed by atoms with Crippen molar-refractivity contribution in [1.82, 2.24) is 5.32 Å². The molecule has 1 aromatic carbocycles. The van der Waals surface area contributed by atoms with Crippen molar-refractivity contribution in [3.05, 3.63) is 29.8 Å². The Balaban J connectivity index is 2.71. The Morgan fingerprint density at radius 3 is 2.76 bits per heavy atom. The van der Waals surface area contributed by atoms with Crippen molar-refractivity contribution < 1.29 is 18.3 Å². The maximum absolute atomic E-state index is 12.1. The van der Waals surface area contributed by atoms with Gasteiger partial charge in [0.05, 0.1) is 5.56 Å². The van der Waals surface area contributed by atoms with Crippen LogP contribution in [0.5, 0.6) is 5.75 Å². The van der Waals surface area contributed by atoms with E-state index in [1.54, 1.807) is 12.1 Å². The number of nitrogens with one attached hydrogen (secondary N) is 1. The monoisotopic (exact) mass is 355 g/mol. The van der Waals surface area contributed by atoms with Gasteiger partial charge in [0.2, 0.25) is 0 Å². The van der Waals surface area contributed by atoms with Crippen LogP contribution in [0.2, 0.25) is 0 Å². The van der Waals surface area contributed by atoms with Crippen molar-refractivity contribution >= 4 is 28.5 Å². The minimum absolute atomic E-state index is 0.102. The molecule has 94 valence electrons. The van der Waals surface area contributed by atoms with Gasteiger partial charge in [0.25, 0.3) is 5.91 Å². The van der Waals surface area contributed by atoms with E-state index < -0.39 is 12.5 Å². The summed E-state index contributed by atoms with van der Waals surface area (Å²) >= 11 is 2.20. The number of hydrogen-bond acceptors (Lipinski definition) is 2. The van der Waals surface area contributed by atoms with E-state index >= 15 is 0 Å². The molecule has 0 aliphatic carbocycles. The number of carbonyl (C=O) groups is 1. The Hall–Kier alpha value is -0.920. The summed E-state index contributed by atoms with van der Waals surface area (Å²) in [6.45, 7) is -2.41. The average Bonchev–Trinajstić information content (AvgIpc) is 2.29. The maximum Gasteiger partial charge on any atom is 0.387 e. The van der Waals surface area contributed by atoms with E-state index in [4.69, 9.17) is 0 Å². The van der Waals surface area contributed by atoms with E-state index in [2.05, 4.69) is 32.6 Å². The third kappa shape index (κ3) is 4.84. The van der Waals surface area contributed by atoms with Crippen LogP contribution in [0.15, 0.2) is 24.3 Å². The minimum atomic E-state index is -2.93. The van der Waals surface area contributed by atoms with Gasteiger partial charge < -0.3 is 10.1 Å². The molecule has 0 radical (unpaired) electrons. The van der Waals surface area contributed by atoms with E-state index in [9.17, 15) is 13.6 Å². The first-order valence-electron chi connectivity index (χ1n) is 5.03. The van der Waals surface area contributed by atoms with Crippen LogP contribution in [0.1, 0.15) is 16.8 Å². The smallest absolute Gasteiger partial charge is 0.387 e. The average molecular weight is 355 g/mol. The molecular formula is C11H12F2INO2. The molecule has 3 nitrogen and oxygen atoms in total. The van der Waals surface area contributed by atoms with Crippen LogP contribution in [0.3, 0.4) is 0 Å². The molecule has 0 saturated carbocycles. The topological polar surface area (TPSA) is 38.3 Å². The van der Waals surface area contributed by atoms with Crippen molar-refractivity contribution in [2.24, 2.45) is 0 Å². The Morgan fingerprint density at radius 2 is 2.12 bits per heavy atom. The summed E-state index contributed by atoms with van der Waals surface area (Å²) in [4.78, 5) is 11.7. The van der Waals surface area contributed by atoms with Gasteiger partial charge in [-0.1, -0.05) is 34.7 Å².